The smallest absolute Gasteiger partial charge is 0.414 e. The van der Waals surface area contributed by atoms with E-state index >= 15 is 0 Å². The Kier molecular flexibility index (Phi) is 6.82. The molecule has 0 heterocycles. The summed E-state index contributed by atoms with van der Waals surface area (Å²) in [6.45, 7) is 11.7. The fourth-order valence-electron chi connectivity index (χ4n) is 1.30. The fraction of sp³-hybridized carbons (Fsp3) is 0.786. The van der Waals surface area contributed by atoms with E-state index in [2.05, 4.69) is 5.32 Å². The van der Waals surface area contributed by atoms with Crippen molar-refractivity contribution in [2.24, 2.45) is 5.73 Å². The van der Waals surface area contributed by atoms with E-state index in [1.807, 2.05) is 5.32 Å². The van der Waals surface area contributed by atoms with Gasteiger partial charge in [0.25, 0.3) is 0 Å². The predicted octanol–water partition coefficient (Wildman–Crippen LogP) is 1.28. The highest BCUT2D eigenvalue weighted by Crippen LogP contribution is 2.08. The van der Waals surface area contributed by atoms with Crippen molar-refractivity contribution < 1.29 is 23.9 Å². The van der Waals surface area contributed by atoms with Crippen molar-refractivity contribution in [3.05, 3.63) is 0 Å². The molecule has 0 saturated heterocycles. The number of nitrogens with one attached hydrogen (secondary N) is 2. The Balaban J connectivity index is 4.44. The molecule has 0 aromatic rings. The number of nitrogens with two attached hydrogens (primary N) is 1. The van der Waals surface area contributed by atoms with E-state index in [9.17, 15) is 14.4 Å². The zero-order valence-electron chi connectivity index (χ0n) is 14.3. The van der Waals surface area contributed by atoms with Crippen molar-refractivity contribution in [2.75, 3.05) is 0 Å². The molecule has 0 fully saturated rings. The molecule has 0 saturated carbocycles. The van der Waals surface area contributed by atoms with Crippen LogP contribution in [0.2, 0.25) is 0 Å². The Labute approximate surface area is 131 Å². The van der Waals surface area contributed by atoms with Gasteiger partial charge in [-0.25, -0.2) is 9.59 Å². The van der Waals surface area contributed by atoms with Crippen LogP contribution >= 0.6 is 0 Å². The first kappa shape index (κ1) is 20.2. The molecule has 0 bridgehead atoms. The summed E-state index contributed by atoms with van der Waals surface area (Å²) in [6, 6.07) is -1.85. The first-order valence-electron chi connectivity index (χ1n) is 7.00. The first-order valence-corrected chi connectivity index (χ1v) is 7.00. The summed E-state index contributed by atoms with van der Waals surface area (Å²) >= 11 is 0. The number of amides is 3. The molecule has 3 amide bonds. The lowest BCUT2D eigenvalue weighted by molar-refractivity contribution is -0.122. The van der Waals surface area contributed by atoms with Gasteiger partial charge in [-0.3, -0.25) is 10.1 Å². The van der Waals surface area contributed by atoms with Crippen LogP contribution in [0.5, 0.6) is 0 Å². The summed E-state index contributed by atoms with van der Waals surface area (Å²) in [6.07, 6.45) is -1.59. The molecule has 0 aliphatic rings. The minimum Gasteiger partial charge on any atom is -0.444 e. The highest BCUT2D eigenvalue weighted by Gasteiger charge is 2.27. The summed E-state index contributed by atoms with van der Waals surface area (Å²) in [4.78, 5) is 34.9. The van der Waals surface area contributed by atoms with Crippen molar-refractivity contribution in [3.8, 4) is 0 Å². The molecule has 8 nitrogen and oxygen atoms in total. The summed E-state index contributed by atoms with van der Waals surface area (Å²) < 4.78 is 10.0. The molecule has 22 heavy (non-hydrogen) atoms. The van der Waals surface area contributed by atoms with Gasteiger partial charge < -0.3 is 20.5 Å². The molecule has 0 aliphatic heterocycles. The number of rotatable bonds is 3. The molecule has 0 radical (unpaired) electrons. The Hall–Kier alpha value is -1.83. The highest BCUT2D eigenvalue weighted by molar-refractivity contribution is 5.95. The third kappa shape index (κ3) is 9.17. The van der Waals surface area contributed by atoms with Crippen LogP contribution in [0.1, 0.15) is 48.5 Å². The average molecular weight is 317 g/mol. The van der Waals surface area contributed by atoms with Crippen molar-refractivity contribution in [1.29, 1.82) is 0 Å². The third-order valence-corrected chi connectivity index (χ3v) is 2.21. The Morgan fingerprint density at radius 2 is 1.32 bits per heavy atom. The van der Waals surface area contributed by atoms with Crippen molar-refractivity contribution >= 4 is 18.1 Å². The van der Waals surface area contributed by atoms with Gasteiger partial charge in [-0.05, 0) is 48.5 Å². The monoisotopic (exact) mass is 317 g/mol. The molecule has 4 N–H and O–H groups in total. The van der Waals surface area contributed by atoms with Gasteiger partial charge in [0, 0.05) is 0 Å². The largest absolute Gasteiger partial charge is 0.444 e. The van der Waals surface area contributed by atoms with Crippen molar-refractivity contribution in [1.82, 2.24) is 10.6 Å². The number of hydrogen-bond acceptors (Lipinski definition) is 6. The van der Waals surface area contributed by atoms with E-state index in [0.717, 1.165) is 0 Å². The summed E-state index contributed by atoms with van der Waals surface area (Å²) in [5.41, 5.74) is 4.31. The van der Waals surface area contributed by atoms with Gasteiger partial charge in [-0.15, -0.1) is 0 Å². The molecule has 0 aromatic heterocycles. The van der Waals surface area contributed by atoms with E-state index in [4.69, 9.17) is 15.2 Å². The second-order valence-electron chi connectivity index (χ2n) is 6.95. The molecule has 0 aliphatic carbocycles. The Bertz CT molecular complexity index is 423. The van der Waals surface area contributed by atoms with Crippen LogP contribution in [0.15, 0.2) is 0 Å². The first-order chi connectivity index (χ1) is 9.71. The maximum Gasteiger partial charge on any atom is 0.414 e. The van der Waals surface area contributed by atoms with Crippen LogP contribution in [0.25, 0.3) is 0 Å². The van der Waals surface area contributed by atoms with E-state index < -0.39 is 41.4 Å². The zero-order valence-corrected chi connectivity index (χ0v) is 14.3. The van der Waals surface area contributed by atoms with Gasteiger partial charge in [0.1, 0.15) is 17.2 Å². The van der Waals surface area contributed by atoms with Crippen LogP contribution in [-0.4, -0.2) is 41.4 Å². The predicted molar refractivity (Wildman–Crippen MR) is 81.2 cm³/mol. The van der Waals surface area contributed by atoms with Crippen molar-refractivity contribution in [3.63, 3.8) is 0 Å². The average Bonchev–Trinajstić information content (AvgIpc) is 2.21. The molecule has 0 rings (SSSR count). The maximum atomic E-state index is 11.8. The van der Waals surface area contributed by atoms with Gasteiger partial charge in [0.2, 0.25) is 5.91 Å². The maximum absolute atomic E-state index is 11.8. The Morgan fingerprint density at radius 1 is 0.909 bits per heavy atom. The highest BCUT2D eigenvalue weighted by atomic mass is 16.6. The second kappa shape index (κ2) is 7.44. The lowest BCUT2D eigenvalue weighted by Crippen LogP contribution is -2.55. The SMILES string of the molecule is C[C@@H](NC(=O)OC(C)(C)C)[C@H](N)C(=O)NC(=O)OC(C)(C)C. The molecular weight excluding hydrogens is 290 g/mol. The normalized spacial score (nSPS) is 14.5. The van der Waals surface area contributed by atoms with Crippen LogP contribution in [0.3, 0.4) is 0 Å². The van der Waals surface area contributed by atoms with E-state index in [-0.39, 0.29) is 0 Å². The van der Waals surface area contributed by atoms with Crippen molar-refractivity contribution in [2.45, 2.75) is 71.8 Å². The zero-order chi connectivity index (χ0) is 17.7. The molecule has 0 spiro atoms. The number of hydrogen-bond donors (Lipinski definition) is 3. The fourth-order valence-corrected chi connectivity index (χ4v) is 1.30. The summed E-state index contributed by atoms with van der Waals surface area (Å²) in [5, 5.41) is 4.46. The van der Waals surface area contributed by atoms with Gasteiger partial charge in [-0.1, -0.05) is 0 Å². The minimum atomic E-state index is -1.12. The van der Waals surface area contributed by atoms with Gasteiger partial charge >= 0.3 is 12.2 Å². The molecular formula is C14H27N3O5. The second-order valence-corrected chi connectivity index (χ2v) is 6.95. The standard InChI is InChI=1S/C14H27N3O5/c1-8(16-11(19)21-13(2,3)4)9(15)10(18)17-12(20)22-14(5,6)7/h8-9H,15H2,1-7H3,(H,16,19)(H,17,18,20)/t8-,9+/m1/s1. The van der Waals surface area contributed by atoms with Crippen LogP contribution in [-0.2, 0) is 14.3 Å². The number of carbonyl (C=O) groups is 3. The topological polar surface area (TPSA) is 120 Å². The number of alkyl carbamates (subject to hydrolysis) is 2. The lowest BCUT2D eigenvalue weighted by Gasteiger charge is -2.24. The number of carbonyl (C=O) groups excluding carboxylic acids is 3. The third-order valence-electron chi connectivity index (χ3n) is 2.21. The van der Waals surface area contributed by atoms with E-state index in [1.165, 1.54) is 6.92 Å². The Morgan fingerprint density at radius 3 is 1.73 bits per heavy atom. The summed E-state index contributed by atoms with van der Waals surface area (Å²) in [5.74, 6) is -0.752. The van der Waals surface area contributed by atoms with Gasteiger partial charge in [0.15, 0.2) is 0 Å². The van der Waals surface area contributed by atoms with Gasteiger partial charge in [-0.2, -0.15) is 0 Å². The molecule has 0 unspecified atom stereocenters. The molecule has 8 heteroatoms. The molecule has 0 aromatic carbocycles. The van der Waals surface area contributed by atoms with Crippen LogP contribution < -0.4 is 16.4 Å². The van der Waals surface area contributed by atoms with Crippen LogP contribution in [0, 0.1) is 0 Å². The molecule has 128 valence electrons. The lowest BCUT2D eigenvalue weighted by atomic mass is 10.1. The quantitative estimate of drug-likeness (QED) is 0.721. The summed E-state index contributed by atoms with van der Waals surface area (Å²) in [7, 11) is 0. The number of ether oxygens (including phenoxy) is 2. The van der Waals surface area contributed by atoms with Crippen LogP contribution in [0.4, 0.5) is 9.59 Å². The minimum absolute atomic E-state index is 0.660. The van der Waals surface area contributed by atoms with E-state index in [1.54, 1.807) is 41.5 Å². The number of imide groups is 1. The van der Waals surface area contributed by atoms with Gasteiger partial charge in [0.05, 0.1) is 6.04 Å². The van der Waals surface area contributed by atoms with E-state index in [0.29, 0.717) is 0 Å². The molecule has 2 atom stereocenters.